The molecule has 0 spiro atoms. The number of fused-ring (bicyclic) bond motifs is 2. The Hall–Kier alpha value is -4.95. The van der Waals surface area contributed by atoms with Crippen molar-refractivity contribution in [3.8, 4) is 51.4 Å². The lowest BCUT2D eigenvalue weighted by Gasteiger charge is -2.25. The van der Waals surface area contributed by atoms with Crippen LogP contribution in [0.3, 0.4) is 0 Å². The fourth-order valence-electron chi connectivity index (χ4n) is 6.04. The van der Waals surface area contributed by atoms with E-state index in [0.717, 1.165) is 87.6 Å². The monoisotopic (exact) mass is 603 g/mol. The third kappa shape index (κ3) is 6.06. The fourth-order valence-corrected chi connectivity index (χ4v) is 6.04. The summed E-state index contributed by atoms with van der Waals surface area (Å²) in [6, 6.07) is 31.0. The predicted octanol–water partition coefficient (Wildman–Crippen LogP) is 7.69. The van der Waals surface area contributed by atoms with Crippen LogP contribution in [0.1, 0.15) is 36.6 Å². The smallest absolute Gasteiger partial charge is 0.231 e. The molecule has 0 bridgehead atoms. The normalized spacial score (nSPS) is 13.0. The maximum absolute atomic E-state index is 5.82. The number of methoxy groups -OCH3 is 1. The van der Waals surface area contributed by atoms with Crippen LogP contribution in [0.25, 0.3) is 22.6 Å². The number of unbranched alkanes of at least 4 members (excludes halogenated alkanes) is 1. The van der Waals surface area contributed by atoms with Crippen LogP contribution < -0.4 is 23.7 Å². The molecule has 0 radical (unpaired) electrons. The summed E-state index contributed by atoms with van der Waals surface area (Å²) in [5.74, 6) is 4.86. The Labute approximate surface area is 263 Å². The maximum atomic E-state index is 5.82. The van der Waals surface area contributed by atoms with Crippen molar-refractivity contribution in [1.29, 1.82) is 0 Å². The van der Waals surface area contributed by atoms with E-state index in [4.69, 9.17) is 28.7 Å². The molecule has 0 amide bonds. The molecule has 4 aromatic carbocycles. The number of aromatic nitrogens is 2. The van der Waals surface area contributed by atoms with Gasteiger partial charge in [-0.2, -0.15) is 0 Å². The summed E-state index contributed by atoms with van der Waals surface area (Å²) in [5.41, 5.74) is 6.50. The number of rotatable bonds is 12. The summed E-state index contributed by atoms with van der Waals surface area (Å²) in [7, 11) is 1.72. The van der Waals surface area contributed by atoms with Gasteiger partial charge in [-0.05, 0) is 53.9 Å². The summed E-state index contributed by atoms with van der Waals surface area (Å²) in [6.45, 7) is 5.64. The Balaban J connectivity index is 1.33. The molecule has 2 aliphatic rings. The number of ether oxygens (including phenoxy) is 5. The van der Waals surface area contributed by atoms with Gasteiger partial charge in [0.05, 0.1) is 24.1 Å². The van der Waals surface area contributed by atoms with Crippen molar-refractivity contribution in [2.75, 3.05) is 20.7 Å². The molecule has 8 nitrogen and oxygen atoms in total. The van der Waals surface area contributed by atoms with Gasteiger partial charge in [0.2, 0.25) is 13.6 Å². The van der Waals surface area contributed by atoms with Gasteiger partial charge in [0, 0.05) is 31.7 Å². The highest BCUT2D eigenvalue weighted by Gasteiger charge is 2.25. The van der Waals surface area contributed by atoms with E-state index in [1.54, 1.807) is 7.11 Å². The van der Waals surface area contributed by atoms with Gasteiger partial charge < -0.3 is 28.3 Å². The lowest BCUT2D eigenvalue weighted by molar-refractivity contribution is 0.173. The van der Waals surface area contributed by atoms with Crippen LogP contribution in [-0.4, -0.2) is 35.1 Å². The molecule has 0 unspecified atom stereocenters. The second kappa shape index (κ2) is 13.0. The summed E-state index contributed by atoms with van der Waals surface area (Å²) in [6.07, 6.45) is 2.10. The lowest BCUT2D eigenvalue weighted by Crippen LogP contribution is -2.24. The van der Waals surface area contributed by atoms with Crippen molar-refractivity contribution in [1.82, 2.24) is 14.5 Å². The van der Waals surface area contributed by atoms with Crippen LogP contribution in [0.5, 0.6) is 28.7 Å². The number of hydrogen-bond donors (Lipinski definition) is 0. The molecule has 0 atom stereocenters. The number of nitrogens with zero attached hydrogens (tertiary/aromatic N) is 3. The van der Waals surface area contributed by atoms with Crippen LogP contribution in [0.15, 0.2) is 91.0 Å². The Morgan fingerprint density at radius 2 is 1.36 bits per heavy atom. The molecule has 0 aliphatic carbocycles. The molecule has 0 saturated heterocycles. The Morgan fingerprint density at radius 1 is 0.733 bits per heavy atom. The molecule has 0 fully saturated rings. The molecule has 0 saturated carbocycles. The van der Waals surface area contributed by atoms with E-state index in [0.29, 0.717) is 19.6 Å². The van der Waals surface area contributed by atoms with Gasteiger partial charge in [0.1, 0.15) is 11.6 Å². The maximum Gasteiger partial charge on any atom is 0.231 e. The first-order valence-corrected chi connectivity index (χ1v) is 15.5. The van der Waals surface area contributed by atoms with Crippen LogP contribution in [0.4, 0.5) is 0 Å². The van der Waals surface area contributed by atoms with E-state index in [1.807, 2.05) is 36.4 Å². The largest absolute Gasteiger partial charge is 0.496 e. The number of para-hydroxylation sites is 1. The topological polar surface area (TPSA) is 67.2 Å². The molecule has 5 aromatic rings. The second-order valence-corrected chi connectivity index (χ2v) is 11.3. The number of hydrogen-bond acceptors (Lipinski definition) is 7. The van der Waals surface area contributed by atoms with Crippen LogP contribution in [0, 0.1) is 0 Å². The van der Waals surface area contributed by atoms with Gasteiger partial charge in [-0.1, -0.05) is 67.9 Å². The van der Waals surface area contributed by atoms with Crippen molar-refractivity contribution in [2.24, 2.45) is 0 Å². The minimum atomic E-state index is 0.252. The first-order chi connectivity index (χ1) is 22.2. The Kier molecular flexibility index (Phi) is 8.29. The third-order valence-electron chi connectivity index (χ3n) is 8.26. The van der Waals surface area contributed by atoms with E-state index in [9.17, 15) is 0 Å². The zero-order valence-electron chi connectivity index (χ0n) is 25.7. The highest BCUT2D eigenvalue weighted by atomic mass is 16.7. The minimum Gasteiger partial charge on any atom is -0.496 e. The van der Waals surface area contributed by atoms with E-state index in [2.05, 4.69) is 71.0 Å². The molecule has 2 aliphatic heterocycles. The van der Waals surface area contributed by atoms with E-state index >= 15 is 0 Å². The first kappa shape index (κ1) is 28.8. The molecule has 1 aromatic heterocycles. The summed E-state index contributed by atoms with van der Waals surface area (Å²) >= 11 is 0. The minimum absolute atomic E-state index is 0.252. The average molecular weight is 604 g/mol. The van der Waals surface area contributed by atoms with E-state index < -0.39 is 0 Å². The molecule has 7 rings (SSSR count). The molecule has 45 heavy (non-hydrogen) atoms. The molecular formula is C37H37N3O5. The molecule has 230 valence electrons. The molecule has 3 heterocycles. The zero-order valence-corrected chi connectivity index (χ0v) is 25.7. The molecular weight excluding hydrogens is 566 g/mol. The number of imidazole rings is 1. The van der Waals surface area contributed by atoms with Crippen molar-refractivity contribution in [3.05, 3.63) is 108 Å². The summed E-state index contributed by atoms with van der Waals surface area (Å²) in [4.78, 5) is 7.81. The standard InChI is InChI=1S/C37H37N3O5/c1-3-4-18-40-30(36(28-10-6-5-7-11-28)38-37(40)29-12-8-9-13-31(29)41-2)23-39(21-26-14-16-32-34(19-26)44-24-42-32)22-27-15-17-33-35(20-27)45-25-43-33/h5-17,19-20H,3-4,18,21-25H2,1-2H3. The van der Waals surface area contributed by atoms with Gasteiger partial charge in [-0.25, -0.2) is 4.98 Å². The zero-order chi connectivity index (χ0) is 30.6. The predicted molar refractivity (Wildman–Crippen MR) is 173 cm³/mol. The average Bonchev–Trinajstić information content (AvgIpc) is 3.83. The Morgan fingerprint density at radius 3 is 2.00 bits per heavy atom. The van der Waals surface area contributed by atoms with Crippen molar-refractivity contribution in [2.45, 2.75) is 45.9 Å². The van der Waals surface area contributed by atoms with Crippen molar-refractivity contribution >= 4 is 0 Å². The van der Waals surface area contributed by atoms with Gasteiger partial charge in [0.15, 0.2) is 23.0 Å². The van der Waals surface area contributed by atoms with Gasteiger partial charge in [0.25, 0.3) is 0 Å². The molecule has 0 N–H and O–H groups in total. The van der Waals surface area contributed by atoms with Crippen molar-refractivity contribution in [3.63, 3.8) is 0 Å². The highest BCUT2D eigenvalue weighted by molar-refractivity contribution is 5.71. The molecule has 8 heteroatoms. The highest BCUT2D eigenvalue weighted by Crippen LogP contribution is 2.38. The van der Waals surface area contributed by atoms with Gasteiger partial charge in [-0.3, -0.25) is 4.90 Å². The Bertz CT molecular complexity index is 1730. The lowest BCUT2D eigenvalue weighted by atomic mass is 10.1. The number of benzene rings is 4. The first-order valence-electron chi connectivity index (χ1n) is 15.5. The van der Waals surface area contributed by atoms with Gasteiger partial charge in [-0.15, -0.1) is 0 Å². The van der Waals surface area contributed by atoms with Crippen molar-refractivity contribution < 1.29 is 23.7 Å². The fraction of sp³-hybridized carbons (Fsp3) is 0.270. The van der Waals surface area contributed by atoms with Crippen LogP contribution in [0.2, 0.25) is 0 Å². The van der Waals surface area contributed by atoms with Crippen LogP contribution >= 0.6 is 0 Å². The van der Waals surface area contributed by atoms with E-state index in [-0.39, 0.29) is 13.6 Å². The van der Waals surface area contributed by atoms with Crippen LogP contribution in [-0.2, 0) is 26.2 Å². The summed E-state index contributed by atoms with van der Waals surface area (Å²) < 4.78 is 30.8. The quantitative estimate of drug-likeness (QED) is 0.145. The third-order valence-corrected chi connectivity index (χ3v) is 8.26. The van der Waals surface area contributed by atoms with Gasteiger partial charge >= 0.3 is 0 Å². The SMILES string of the molecule is CCCCn1c(-c2ccccc2OC)nc(-c2ccccc2)c1CN(Cc1ccc2c(c1)OCO2)Cc1ccc2c(c1)OCO2. The second-order valence-electron chi connectivity index (χ2n) is 11.3. The summed E-state index contributed by atoms with van der Waals surface area (Å²) in [5, 5.41) is 0. The van der Waals surface area contributed by atoms with E-state index in [1.165, 1.54) is 0 Å².